The van der Waals surface area contributed by atoms with E-state index in [1.54, 1.807) is 5.57 Å². The van der Waals surface area contributed by atoms with Crippen molar-refractivity contribution < 1.29 is 0 Å². The molecule has 0 heterocycles. The Morgan fingerprint density at radius 3 is 2.59 bits per heavy atom. The van der Waals surface area contributed by atoms with Crippen molar-refractivity contribution in [3.05, 3.63) is 41.3 Å². The Balaban J connectivity index is 1.80. The highest BCUT2D eigenvalue weighted by Crippen LogP contribution is 2.59. The summed E-state index contributed by atoms with van der Waals surface area (Å²) in [6.07, 6.45) is 4.31. The van der Waals surface area contributed by atoms with E-state index in [-0.39, 0.29) is 0 Å². The number of thioether (sulfide) groups is 1. The number of hydrogen-bond acceptors (Lipinski definition) is 1. The van der Waals surface area contributed by atoms with Crippen LogP contribution in [0.25, 0.3) is 0 Å². The largest absolute Gasteiger partial charge is 0.0981 e. The van der Waals surface area contributed by atoms with E-state index in [0.717, 1.165) is 11.8 Å². The van der Waals surface area contributed by atoms with Crippen LogP contribution in [0.2, 0.25) is 0 Å². The molecule has 1 heteroatoms. The summed E-state index contributed by atoms with van der Waals surface area (Å²) in [4.78, 5) is 1.36. The lowest BCUT2D eigenvalue weighted by Gasteiger charge is -2.32. The van der Waals surface area contributed by atoms with Gasteiger partial charge in [-0.2, -0.15) is 0 Å². The maximum absolute atomic E-state index is 2.44. The third-order valence-corrected chi connectivity index (χ3v) is 5.62. The van der Waals surface area contributed by atoms with E-state index >= 15 is 0 Å². The van der Waals surface area contributed by atoms with Crippen molar-refractivity contribution >= 4 is 11.8 Å². The molecule has 0 amide bonds. The van der Waals surface area contributed by atoms with Crippen molar-refractivity contribution in [1.82, 2.24) is 0 Å². The van der Waals surface area contributed by atoms with Crippen molar-refractivity contribution in [2.75, 3.05) is 0 Å². The van der Waals surface area contributed by atoms with E-state index in [9.17, 15) is 0 Å². The topological polar surface area (TPSA) is 0 Å². The normalized spacial score (nSPS) is 32.2. The molecule has 0 radical (unpaired) electrons. The highest BCUT2D eigenvalue weighted by atomic mass is 32.2. The minimum atomic E-state index is 0.449. The zero-order valence-electron chi connectivity index (χ0n) is 10.6. The van der Waals surface area contributed by atoms with Crippen molar-refractivity contribution in [3.8, 4) is 0 Å². The van der Waals surface area contributed by atoms with Gasteiger partial charge < -0.3 is 0 Å². The molecule has 2 unspecified atom stereocenters. The smallest absolute Gasteiger partial charge is 0.0116 e. The molecule has 2 aliphatic rings. The molecule has 1 aromatic carbocycles. The molecule has 0 aliphatic heterocycles. The van der Waals surface area contributed by atoms with Gasteiger partial charge in [-0.25, -0.2) is 0 Å². The zero-order chi connectivity index (χ0) is 11.9. The lowest BCUT2D eigenvalue weighted by atomic mass is 9.73. The molecule has 17 heavy (non-hydrogen) atoms. The zero-order valence-corrected chi connectivity index (χ0v) is 11.5. The number of benzene rings is 1. The Bertz CT molecular complexity index is 430. The van der Waals surface area contributed by atoms with Gasteiger partial charge in [0.2, 0.25) is 0 Å². The van der Waals surface area contributed by atoms with Crippen LogP contribution in [0.5, 0.6) is 0 Å². The number of rotatable bonds is 2. The molecule has 0 N–H and O–H groups in total. The molecule has 1 aromatic rings. The van der Waals surface area contributed by atoms with Gasteiger partial charge >= 0.3 is 0 Å². The summed E-state index contributed by atoms with van der Waals surface area (Å²) in [6, 6.07) is 10.7. The average molecular weight is 244 g/mol. The van der Waals surface area contributed by atoms with Gasteiger partial charge in [-0.1, -0.05) is 49.4 Å². The molecule has 2 aliphatic carbocycles. The van der Waals surface area contributed by atoms with Crippen LogP contribution < -0.4 is 0 Å². The van der Waals surface area contributed by atoms with Crippen LogP contribution in [0.4, 0.5) is 0 Å². The van der Waals surface area contributed by atoms with Crippen LogP contribution in [0.15, 0.2) is 46.2 Å². The Morgan fingerprint density at radius 1 is 1.18 bits per heavy atom. The molecule has 2 bridgehead atoms. The van der Waals surface area contributed by atoms with Gasteiger partial charge in [0.15, 0.2) is 0 Å². The molecule has 2 fully saturated rings. The van der Waals surface area contributed by atoms with Gasteiger partial charge in [0.25, 0.3) is 0 Å². The summed E-state index contributed by atoms with van der Waals surface area (Å²) >= 11 is 1.90. The number of fused-ring (bicyclic) bond motifs is 2. The van der Waals surface area contributed by atoms with E-state index in [2.05, 4.69) is 49.6 Å². The standard InChI is InChI=1S/C16H20S/c1-16(2)13-9-8-12(10-13)15(16)11-17-14-6-4-3-5-7-14/h3-7,11-13H,8-10H2,1-2H3/b15-11+. The molecule has 0 nitrogen and oxygen atoms in total. The fraction of sp³-hybridized carbons (Fsp3) is 0.500. The molecular weight excluding hydrogens is 224 g/mol. The summed E-state index contributed by atoms with van der Waals surface area (Å²) in [7, 11) is 0. The lowest BCUT2D eigenvalue weighted by Crippen LogP contribution is -2.22. The second kappa shape index (κ2) is 4.20. The summed E-state index contributed by atoms with van der Waals surface area (Å²) in [5.41, 5.74) is 2.16. The highest BCUT2D eigenvalue weighted by Gasteiger charge is 2.48. The molecule has 90 valence electrons. The van der Waals surface area contributed by atoms with Gasteiger partial charge in [0, 0.05) is 4.90 Å². The summed E-state index contributed by atoms with van der Waals surface area (Å²) < 4.78 is 0. The first-order chi connectivity index (χ1) is 8.18. The van der Waals surface area contributed by atoms with Crippen molar-refractivity contribution in [2.45, 2.75) is 38.0 Å². The molecule has 3 rings (SSSR count). The summed E-state index contributed by atoms with van der Waals surface area (Å²) in [5, 5.41) is 2.44. The van der Waals surface area contributed by atoms with Gasteiger partial charge in [0.05, 0.1) is 0 Å². The molecule has 2 atom stereocenters. The van der Waals surface area contributed by atoms with Gasteiger partial charge in [-0.15, -0.1) is 0 Å². The fourth-order valence-corrected chi connectivity index (χ4v) is 4.63. The van der Waals surface area contributed by atoms with Gasteiger partial charge in [-0.3, -0.25) is 0 Å². The molecule has 0 aromatic heterocycles. The lowest BCUT2D eigenvalue weighted by molar-refractivity contribution is 0.288. The first-order valence-corrected chi connectivity index (χ1v) is 7.48. The van der Waals surface area contributed by atoms with Crippen molar-refractivity contribution in [2.24, 2.45) is 17.3 Å². The van der Waals surface area contributed by atoms with E-state index in [4.69, 9.17) is 0 Å². The predicted molar refractivity (Wildman–Crippen MR) is 75.0 cm³/mol. The maximum Gasteiger partial charge on any atom is 0.0116 e. The quantitative estimate of drug-likeness (QED) is 0.651. The van der Waals surface area contributed by atoms with Crippen molar-refractivity contribution in [1.29, 1.82) is 0 Å². The summed E-state index contributed by atoms with van der Waals surface area (Å²) in [6.45, 7) is 4.88. The van der Waals surface area contributed by atoms with Crippen LogP contribution in [-0.2, 0) is 0 Å². The van der Waals surface area contributed by atoms with E-state index in [1.165, 1.54) is 24.2 Å². The monoisotopic (exact) mass is 244 g/mol. The molecule has 0 saturated heterocycles. The second-order valence-corrected chi connectivity index (χ2v) is 6.88. The first kappa shape index (κ1) is 11.4. The van der Waals surface area contributed by atoms with Crippen LogP contribution >= 0.6 is 11.8 Å². The average Bonchev–Trinajstić information content (AvgIpc) is 2.87. The molecule has 0 spiro atoms. The molecule has 2 saturated carbocycles. The Kier molecular flexibility index (Phi) is 2.82. The SMILES string of the molecule is CC1(C)/C(=C/Sc2ccccc2)C2CCC1C2. The number of hydrogen-bond donors (Lipinski definition) is 0. The third-order valence-electron chi connectivity index (χ3n) is 4.70. The van der Waals surface area contributed by atoms with Crippen LogP contribution in [0.1, 0.15) is 33.1 Å². The Morgan fingerprint density at radius 2 is 1.94 bits per heavy atom. The highest BCUT2D eigenvalue weighted by molar-refractivity contribution is 8.02. The maximum atomic E-state index is 2.44. The van der Waals surface area contributed by atoms with Gasteiger partial charge in [-0.05, 0) is 54.1 Å². The fourth-order valence-electron chi connectivity index (χ4n) is 3.56. The third kappa shape index (κ3) is 1.95. The first-order valence-electron chi connectivity index (χ1n) is 6.60. The van der Waals surface area contributed by atoms with E-state index < -0.39 is 0 Å². The molecular formula is C16H20S. The van der Waals surface area contributed by atoms with E-state index in [0.29, 0.717) is 5.41 Å². The number of allylic oxidation sites excluding steroid dienone is 1. The van der Waals surface area contributed by atoms with Crippen LogP contribution in [-0.4, -0.2) is 0 Å². The van der Waals surface area contributed by atoms with E-state index in [1.807, 2.05) is 11.8 Å². The Labute approximate surface area is 109 Å². The minimum Gasteiger partial charge on any atom is -0.0981 e. The van der Waals surface area contributed by atoms with Crippen molar-refractivity contribution in [3.63, 3.8) is 0 Å². The second-order valence-electron chi connectivity index (χ2n) is 5.93. The minimum absolute atomic E-state index is 0.449. The predicted octanol–water partition coefficient (Wildman–Crippen LogP) is 5.12. The van der Waals surface area contributed by atoms with Crippen LogP contribution in [0, 0.1) is 17.3 Å². The van der Waals surface area contributed by atoms with Crippen LogP contribution in [0.3, 0.4) is 0 Å². The Hall–Kier alpha value is -0.690. The summed E-state index contributed by atoms with van der Waals surface area (Å²) in [5.74, 6) is 1.82. The van der Waals surface area contributed by atoms with Gasteiger partial charge in [0.1, 0.15) is 0 Å².